The Morgan fingerprint density at radius 3 is 2.69 bits per heavy atom. The Hall–Kier alpha value is -1.68. The number of hydrogen-bond donors (Lipinski definition) is 0. The van der Waals surface area contributed by atoms with E-state index in [1.807, 2.05) is 30.3 Å². The maximum Gasteiger partial charge on any atom is 0.161 e. The van der Waals surface area contributed by atoms with E-state index in [-0.39, 0.29) is 0 Å². The van der Waals surface area contributed by atoms with Crippen molar-refractivity contribution in [2.24, 2.45) is 0 Å². The molecule has 82 valence electrons. The molecule has 1 aromatic heterocycles. The molecule has 0 N–H and O–H groups in total. The van der Waals surface area contributed by atoms with Crippen LogP contribution in [0.5, 0.6) is 5.75 Å². The van der Waals surface area contributed by atoms with Gasteiger partial charge in [-0.15, -0.1) is 0 Å². The molecule has 0 radical (unpaired) electrons. The summed E-state index contributed by atoms with van der Waals surface area (Å²) in [7, 11) is 1.64. The van der Waals surface area contributed by atoms with Crippen molar-refractivity contribution in [1.82, 2.24) is 4.37 Å². The van der Waals surface area contributed by atoms with Crippen LogP contribution in [0, 0.1) is 0 Å². The van der Waals surface area contributed by atoms with E-state index < -0.39 is 0 Å². The molecule has 0 aliphatic rings. The Morgan fingerprint density at radius 1 is 1.38 bits per heavy atom. The van der Waals surface area contributed by atoms with Gasteiger partial charge in [0.15, 0.2) is 6.29 Å². The Balaban J connectivity index is 2.10. The summed E-state index contributed by atoms with van der Waals surface area (Å²) in [4.78, 5) is 11.2. The third-order valence-corrected chi connectivity index (χ3v) is 2.99. The van der Waals surface area contributed by atoms with Gasteiger partial charge in [0.05, 0.1) is 17.7 Å². The van der Waals surface area contributed by atoms with Gasteiger partial charge < -0.3 is 4.74 Å². The molecule has 1 aromatic carbocycles. The van der Waals surface area contributed by atoms with Crippen LogP contribution in [-0.2, 0) is 6.42 Å². The summed E-state index contributed by atoms with van der Waals surface area (Å²) in [5.74, 6) is 0.843. The smallest absolute Gasteiger partial charge is 0.161 e. The third-order valence-electron chi connectivity index (χ3n) is 2.24. The first-order valence-electron chi connectivity index (χ1n) is 4.85. The van der Waals surface area contributed by atoms with Crippen LogP contribution in [-0.4, -0.2) is 17.8 Å². The van der Waals surface area contributed by atoms with Crippen molar-refractivity contribution >= 4 is 17.8 Å². The van der Waals surface area contributed by atoms with Crippen LogP contribution in [0.25, 0.3) is 0 Å². The first-order chi connectivity index (χ1) is 7.81. The first kappa shape index (κ1) is 10.8. The van der Waals surface area contributed by atoms with Gasteiger partial charge in [-0.05, 0) is 35.3 Å². The fraction of sp³-hybridized carbons (Fsp3) is 0.167. The second-order valence-corrected chi connectivity index (χ2v) is 4.20. The Labute approximate surface area is 97.9 Å². The topological polar surface area (TPSA) is 39.2 Å². The van der Waals surface area contributed by atoms with E-state index in [0.717, 1.165) is 29.7 Å². The van der Waals surface area contributed by atoms with Gasteiger partial charge in [0.2, 0.25) is 0 Å². The SMILES string of the molecule is COc1ccc(Cc2cc(C=O)sn2)cc1. The summed E-state index contributed by atoms with van der Waals surface area (Å²) in [6, 6.07) is 9.66. The van der Waals surface area contributed by atoms with Crippen molar-refractivity contribution in [2.45, 2.75) is 6.42 Å². The molecule has 0 amide bonds. The Kier molecular flexibility index (Phi) is 3.31. The zero-order valence-electron chi connectivity index (χ0n) is 8.84. The summed E-state index contributed by atoms with van der Waals surface area (Å²) in [5.41, 5.74) is 2.08. The highest BCUT2D eigenvalue weighted by Crippen LogP contribution is 2.16. The molecule has 0 unspecified atom stereocenters. The minimum absolute atomic E-state index is 0.670. The highest BCUT2D eigenvalue weighted by molar-refractivity contribution is 7.07. The van der Waals surface area contributed by atoms with Crippen molar-refractivity contribution in [3.05, 3.63) is 46.5 Å². The zero-order chi connectivity index (χ0) is 11.4. The second kappa shape index (κ2) is 4.90. The van der Waals surface area contributed by atoms with Gasteiger partial charge >= 0.3 is 0 Å². The summed E-state index contributed by atoms with van der Waals surface area (Å²) < 4.78 is 9.29. The lowest BCUT2D eigenvalue weighted by Crippen LogP contribution is -1.88. The van der Waals surface area contributed by atoms with Crippen molar-refractivity contribution in [1.29, 1.82) is 0 Å². The van der Waals surface area contributed by atoms with Crippen LogP contribution in [0.15, 0.2) is 30.3 Å². The molecule has 3 nitrogen and oxygen atoms in total. The number of aldehydes is 1. The van der Waals surface area contributed by atoms with E-state index >= 15 is 0 Å². The van der Waals surface area contributed by atoms with Crippen LogP contribution < -0.4 is 4.74 Å². The molecule has 0 fully saturated rings. The zero-order valence-corrected chi connectivity index (χ0v) is 9.66. The maximum atomic E-state index is 10.5. The van der Waals surface area contributed by atoms with E-state index in [2.05, 4.69) is 4.37 Å². The van der Waals surface area contributed by atoms with Crippen LogP contribution in [0.4, 0.5) is 0 Å². The molecule has 0 bridgehead atoms. The molecule has 0 spiro atoms. The van der Waals surface area contributed by atoms with Crippen LogP contribution in [0.3, 0.4) is 0 Å². The quantitative estimate of drug-likeness (QED) is 0.762. The largest absolute Gasteiger partial charge is 0.497 e. The highest BCUT2D eigenvalue weighted by Gasteiger charge is 2.02. The fourth-order valence-electron chi connectivity index (χ4n) is 1.42. The number of methoxy groups -OCH3 is 1. The molecule has 2 aromatic rings. The fourth-order valence-corrected chi connectivity index (χ4v) is 1.99. The van der Waals surface area contributed by atoms with E-state index in [9.17, 15) is 4.79 Å². The number of hydrogen-bond acceptors (Lipinski definition) is 4. The molecule has 0 saturated heterocycles. The summed E-state index contributed by atoms with van der Waals surface area (Å²) in [5, 5.41) is 0. The highest BCUT2D eigenvalue weighted by atomic mass is 32.1. The molecule has 0 aliphatic heterocycles. The molecule has 16 heavy (non-hydrogen) atoms. The molecule has 1 heterocycles. The average Bonchev–Trinajstić information content (AvgIpc) is 2.78. The molecular formula is C12H11NO2S. The second-order valence-electron chi connectivity index (χ2n) is 3.36. The number of benzene rings is 1. The summed E-state index contributed by atoms with van der Waals surface area (Å²) >= 11 is 1.23. The van der Waals surface area contributed by atoms with Gasteiger partial charge in [-0.3, -0.25) is 4.79 Å². The van der Waals surface area contributed by atoms with Gasteiger partial charge in [-0.2, -0.15) is 4.37 Å². The molecule has 4 heteroatoms. The van der Waals surface area contributed by atoms with Crippen LogP contribution in [0.1, 0.15) is 20.9 Å². The summed E-state index contributed by atoms with van der Waals surface area (Å²) in [6.45, 7) is 0. The van der Waals surface area contributed by atoms with Gasteiger partial charge in [0.1, 0.15) is 5.75 Å². The number of carbonyl (C=O) groups excluding carboxylic acids is 1. The van der Waals surface area contributed by atoms with Gasteiger partial charge in [-0.25, -0.2) is 0 Å². The number of aromatic nitrogens is 1. The van der Waals surface area contributed by atoms with Crippen molar-refractivity contribution in [3.63, 3.8) is 0 Å². The van der Waals surface area contributed by atoms with Gasteiger partial charge in [0.25, 0.3) is 0 Å². The predicted molar refractivity (Wildman–Crippen MR) is 63.3 cm³/mol. The molecular weight excluding hydrogens is 222 g/mol. The van der Waals surface area contributed by atoms with Gasteiger partial charge in [0, 0.05) is 6.42 Å². The molecule has 0 atom stereocenters. The Bertz CT molecular complexity index is 476. The van der Waals surface area contributed by atoms with Crippen LogP contribution >= 0.6 is 11.5 Å². The standard InChI is InChI=1S/C12H11NO2S/c1-15-11-4-2-9(3-5-11)6-10-7-12(8-14)16-13-10/h2-5,7-8H,6H2,1H3. The van der Waals surface area contributed by atoms with E-state index in [1.165, 1.54) is 11.5 Å². The normalized spacial score (nSPS) is 10.1. The number of nitrogens with zero attached hydrogens (tertiary/aromatic N) is 1. The monoisotopic (exact) mass is 233 g/mol. The number of ether oxygens (including phenoxy) is 1. The first-order valence-corrected chi connectivity index (χ1v) is 5.63. The lowest BCUT2D eigenvalue weighted by atomic mass is 10.1. The lowest BCUT2D eigenvalue weighted by Gasteiger charge is -2.01. The Morgan fingerprint density at radius 2 is 2.12 bits per heavy atom. The third kappa shape index (κ3) is 2.46. The molecule has 2 rings (SSSR count). The van der Waals surface area contributed by atoms with E-state index in [1.54, 1.807) is 7.11 Å². The van der Waals surface area contributed by atoms with E-state index in [4.69, 9.17) is 4.74 Å². The minimum Gasteiger partial charge on any atom is -0.497 e. The molecule has 0 aliphatic carbocycles. The molecule has 0 saturated carbocycles. The van der Waals surface area contributed by atoms with Gasteiger partial charge in [-0.1, -0.05) is 12.1 Å². The van der Waals surface area contributed by atoms with E-state index in [0.29, 0.717) is 4.88 Å². The minimum atomic E-state index is 0.670. The average molecular weight is 233 g/mol. The lowest BCUT2D eigenvalue weighted by molar-refractivity contribution is 0.112. The van der Waals surface area contributed by atoms with Crippen LogP contribution in [0.2, 0.25) is 0 Å². The summed E-state index contributed by atoms with van der Waals surface area (Å²) in [6.07, 6.45) is 1.57. The van der Waals surface area contributed by atoms with Crippen molar-refractivity contribution in [3.8, 4) is 5.75 Å². The number of carbonyl (C=O) groups is 1. The maximum absolute atomic E-state index is 10.5. The van der Waals surface area contributed by atoms with Crippen molar-refractivity contribution < 1.29 is 9.53 Å². The van der Waals surface area contributed by atoms with Crippen molar-refractivity contribution in [2.75, 3.05) is 7.11 Å². The number of rotatable bonds is 4. The predicted octanol–water partition coefficient (Wildman–Crippen LogP) is 2.56.